The second-order valence-electron chi connectivity index (χ2n) is 4.89. The maximum Gasteiger partial charge on any atom is 0.232 e. The van der Waals surface area contributed by atoms with Crippen molar-refractivity contribution in [3.8, 4) is 5.88 Å². The highest BCUT2D eigenvalue weighted by molar-refractivity contribution is 5.08. The largest absolute Gasteiger partial charge is 0.477 e. The first-order chi connectivity index (χ1) is 8.58. The zero-order valence-corrected chi connectivity index (χ0v) is 11.8. The molecule has 0 aliphatic rings. The molecule has 1 rings (SSSR count). The molecule has 18 heavy (non-hydrogen) atoms. The Labute approximate surface area is 110 Å². The van der Waals surface area contributed by atoms with E-state index in [2.05, 4.69) is 48.1 Å². The number of nitrogens with one attached hydrogen (secondary N) is 1. The first-order valence-electron chi connectivity index (χ1n) is 6.39. The summed E-state index contributed by atoms with van der Waals surface area (Å²) in [5.41, 5.74) is 0.911. The van der Waals surface area contributed by atoms with Crippen LogP contribution in [-0.4, -0.2) is 48.2 Å². The fraction of sp³-hybridized carbons (Fsp3) is 0.692. The molecule has 0 spiro atoms. The standard InChI is InChI=1S/C13H24N4O/c1-11(2)15-9-12-8-14-10-13(16-12)18-7-5-6-17(3)4/h8,10-11,15H,5-7,9H2,1-4H3. The van der Waals surface area contributed by atoms with E-state index in [9.17, 15) is 0 Å². The van der Waals surface area contributed by atoms with Gasteiger partial charge >= 0.3 is 0 Å². The highest BCUT2D eigenvalue weighted by atomic mass is 16.5. The molecular formula is C13H24N4O. The Morgan fingerprint density at radius 2 is 2.11 bits per heavy atom. The number of rotatable bonds is 8. The highest BCUT2D eigenvalue weighted by Crippen LogP contribution is 2.05. The van der Waals surface area contributed by atoms with E-state index in [1.54, 1.807) is 12.4 Å². The molecule has 0 radical (unpaired) electrons. The molecule has 0 atom stereocenters. The van der Waals surface area contributed by atoms with Crippen molar-refractivity contribution < 1.29 is 4.74 Å². The van der Waals surface area contributed by atoms with E-state index >= 15 is 0 Å². The monoisotopic (exact) mass is 252 g/mol. The molecule has 0 fully saturated rings. The molecule has 0 unspecified atom stereocenters. The van der Waals surface area contributed by atoms with E-state index < -0.39 is 0 Å². The van der Waals surface area contributed by atoms with Crippen LogP contribution in [0.4, 0.5) is 0 Å². The first-order valence-corrected chi connectivity index (χ1v) is 6.39. The lowest BCUT2D eigenvalue weighted by atomic mass is 10.3. The molecular weight excluding hydrogens is 228 g/mol. The van der Waals surface area contributed by atoms with E-state index in [0.29, 0.717) is 18.5 Å². The summed E-state index contributed by atoms with van der Waals surface area (Å²) in [4.78, 5) is 10.7. The molecule has 0 aromatic carbocycles. The number of ether oxygens (including phenoxy) is 1. The van der Waals surface area contributed by atoms with Gasteiger partial charge in [-0.3, -0.25) is 4.98 Å². The smallest absolute Gasteiger partial charge is 0.232 e. The van der Waals surface area contributed by atoms with Crippen LogP contribution in [0.5, 0.6) is 5.88 Å². The Morgan fingerprint density at radius 3 is 2.78 bits per heavy atom. The van der Waals surface area contributed by atoms with Crippen LogP contribution in [0.2, 0.25) is 0 Å². The normalized spacial score (nSPS) is 11.2. The van der Waals surface area contributed by atoms with Crippen LogP contribution in [0.25, 0.3) is 0 Å². The third-order valence-corrected chi connectivity index (χ3v) is 2.35. The lowest BCUT2D eigenvalue weighted by Crippen LogP contribution is -2.22. The Kier molecular flexibility index (Phi) is 6.60. The van der Waals surface area contributed by atoms with Gasteiger partial charge < -0.3 is 15.0 Å². The van der Waals surface area contributed by atoms with E-state index in [0.717, 1.165) is 25.2 Å². The predicted octanol–water partition coefficient (Wildman–Crippen LogP) is 1.31. The van der Waals surface area contributed by atoms with E-state index in [-0.39, 0.29) is 0 Å². The van der Waals surface area contributed by atoms with Crippen LogP contribution in [0.15, 0.2) is 12.4 Å². The summed E-state index contributed by atoms with van der Waals surface area (Å²) < 4.78 is 5.58. The van der Waals surface area contributed by atoms with Gasteiger partial charge in [0.05, 0.1) is 18.5 Å². The fourth-order valence-corrected chi connectivity index (χ4v) is 1.41. The average molecular weight is 252 g/mol. The van der Waals surface area contributed by atoms with Crippen molar-refractivity contribution in [1.29, 1.82) is 0 Å². The Hall–Kier alpha value is -1.20. The summed E-state index contributed by atoms with van der Waals surface area (Å²) >= 11 is 0. The van der Waals surface area contributed by atoms with Crippen molar-refractivity contribution in [1.82, 2.24) is 20.2 Å². The summed E-state index contributed by atoms with van der Waals surface area (Å²) in [6, 6.07) is 0.441. The van der Waals surface area contributed by atoms with Gasteiger partial charge in [-0.05, 0) is 20.5 Å². The van der Waals surface area contributed by atoms with Crippen molar-refractivity contribution in [3.63, 3.8) is 0 Å². The van der Waals surface area contributed by atoms with Crippen molar-refractivity contribution in [2.45, 2.75) is 32.9 Å². The van der Waals surface area contributed by atoms with Crippen LogP contribution >= 0.6 is 0 Å². The fourth-order valence-electron chi connectivity index (χ4n) is 1.41. The van der Waals surface area contributed by atoms with Crippen molar-refractivity contribution in [2.75, 3.05) is 27.2 Å². The second kappa shape index (κ2) is 8.00. The minimum Gasteiger partial charge on any atom is -0.477 e. The number of nitrogens with zero attached hydrogens (tertiary/aromatic N) is 3. The number of aromatic nitrogens is 2. The van der Waals surface area contributed by atoms with Crippen molar-refractivity contribution >= 4 is 0 Å². The molecule has 5 nitrogen and oxygen atoms in total. The Bertz CT molecular complexity index is 342. The summed E-state index contributed by atoms with van der Waals surface area (Å²) in [5.74, 6) is 0.608. The van der Waals surface area contributed by atoms with Crippen LogP contribution in [-0.2, 0) is 6.54 Å². The van der Waals surface area contributed by atoms with E-state index in [4.69, 9.17) is 4.74 Å². The number of hydrogen-bond acceptors (Lipinski definition) is 5. The molecule has 1 N–H and O–H groups in total. The third-order valence-electron chi connectivity index (χ3n) is 2.35. The summed E-state index contributed by atoms with van der Waals surface area (Å²) in [6.07, 6.45) is 4.42. The molecule has 1 aromatic heterocycles. The highest BCUT2D eigenvalue weighted by Gasteiger charge is 2.01. The molecule has 1 aromatic rings. The van der Waals surface area contributed by atoms with E-state index in [1.165, 1.54) is 0 Å². The van der Waals surface area contributed by atoms with Crippen LogP contribution in [0.3, 0.4) is 0 Å². The SMILES string of the molecule is CC(C)NCc1cncc(OCCCN(C)C)n1. The van der Waals surface area contributed by atoms with Gasteiger partial charge in [0.2, 0.25) is 5.88 Å². The van der Waals surface area contributed by atoms with Crippen LogP contribution < -0.4 is 10.1 Å². The maximum atomic E-state index is 5.58. The summed E-state index contributed by atoms with van der Waals surface area (Å²) in [7, 11) is 4.11. The van der Waals surface area contributed by atoms with Gasteiger partial charge in [0.1, 0.15) is 0 Å². The van der Waals surface area contributed by atoms with Gasteiger partial charge in [-0.15, -0.1) is 0 Å². The zero-order valence-electron chi connectivity index (χ0n) is 11.8. The lowest BCUT2D eigenvalue weighted by molar-refractivity contribution is 0.271. The quantitative estimate of drug-likeness (QED) is 0.707. The van der Waals surface area contributed by atoms with Gasteiger partial charge in [-0.25, -0.2) is 4.98 Å². The van der Waals surface area contributed by atoms with Gasteiger partial charge in [-0.1, -0.05) is 13.8 Å². The molecule has 1 heterocycles. The average Bonchev–Trinajstić information content (AvgIpc) is 2.32. The Balaban J connectivity index is 2.34. The predicted molar refractivity (Wildman–Crippen MR) is 72.7 cm³/mol. The first kappa shape index (κ1) is 14.9. The second-order valence-corrected chi connectivity index (χ2v) is 4.89. The van der Waals surface area contributed by atoms with Crippen molar-refractivity contribution in [2.24, 2.45) is 0 Å². The summed E-state index contributed by atoms with van der Waals surface area (Å²) in [5, 5.41) is 3.31. The third kappa shape index (κ3) is 6.51. The molecule has 0 aliphatic heterocycles. The minimum absolute atomic E-state index is 0.441. The number of hydrogen-bond donors (Lipinski definition) is 1. The Morgan fingerprint density at radius 1 is 1.33 bits per heavy atom. The van der Waals surface area contributed by atoms with Gasteiger partial charge in [0, 0.05) is 25.3 Å². The van der Waals surface area contributed by atoms with Gasteiger partial charge in [0.15, 0.2) is 0 Å². The molecule has 0 saturated carbocycles. The molecule has 0 saturated heterocycles. The topological polar surface area (TPSA) is 50.3 Å². The minimum atomic E-state index is 0.441. The molecule has 0 aliphatic carbocycles. The van der Waals surface area contributed by atoms with Crippen LogP contribution in [0, 0.1) is 0 Å². The lowest BCUT2D eigenvalue weighted by Gasteiger charge is -2.11. The van der Waals surface area contributed by atoms with Crippen molar-refractivity contribution in [3.05, 3.63) is 18.1 Å². The van der Waals surface area contributed by atoms with E-state index in [1.807, 2.05) is 0 Å². The van der Waals surface area contributed by atoms with Crippen LogP contribution in [0.1, 0.15) is 26.0 Å². The van der Waals surface area contributed by atoms with Gasteiger partial charge in [0.25, 0.3) is 0 Å². The molecule has 5 heteroatoms. The van der Waals surface area contributed by atoms with Gasteiger partial charge in [-0.2, -0.15) is 0 Å². The molecule has 0 bridgehead atoms. The summed E-state index contributed by atoms with van der Waals surface area (Å²) in [6.45, 7) is 6.62. The zero-order chi connectivity index (χ0) is 13.4. The maximum absolute atomic E-state index is 5.58. The molecule has 102 valence electrons. The molecule has 0 amide bonds.